The van der Waals surface area contributed by atoms with Crippen molar-refractivity contribution in [3.8, 4) is 0 Å². The van der Waals surface area contributed by atoms with Gasteiger partial charge >= 0.3 is 6.18 Å². The quantitative estimate of drug-likeness (QED) is 0.587. The van der Waals surface area contributed by atoms with E-state index in [2.05, 4.69) is 0 Å². The lowest BCUT2D eigenvalue weighted by molar-refractivity contribution is -0.141. The SMILES string of the molecule is Cc1ccc(S(=O)(=O)n2c(C(F)(F)F)c(C3=CCN(C)CC3)c3ccccc32)cc1. The lowest BCUT2D eigenvalue weighted by Gasteiger charge is -2.23. The third-order valence-corrected chi connectivity index (χ3v) is 7.12. The molecule has 0 fully saturated rings. The first-order valence-corrected chi connectivity index (χ1v) is 11.0. The van der Waals surface area contributed by atoms with E-state index in [9.17, 15) is 21.6 Å². The number of hydrogen-bond donors (Lipinski definition) is 0. The fourth-order valence-electron chi connectivity index (χ4n) is 3.86. The van der Waals surface area contributed by atoms with Crippen LogP contribution in [0.15, 0.2) is 59.5 Å². The van der Waals surface area contributed by atoms with Gasteiger partial charge in [0.15, 0.2) is 0 Å². The van der Waals surface area contributed by atoms with Crippen molar-refractivity contribution in [1.82, 2.24) is 8.87 Å². The van der Waals surface area contributed by atoms with Crippen LogP contribution in [0.25, 0.3) is 16.5 Å². The van der Waals surface area contributed by atoms with Crippen LogP contribution in [-0.4, -0.2) is 37.4 Å². The number of halogens is 3. The summed E-state index contributed by atoms with van der Waals surface area (Å²) in [6.07, 6.45) is -2.68. The van der Waals surface area contributed by atoms with Gasteiger partial charge in [0, 0.05) is 24.0 Å². The van der Waals surface area contributed by atoms with E-state index in [4.69, 9.17) is 0 Å². The molecule has 0 unspecified atom stereocenters. The van der Waals surface area contributed by atoms with Crippen molar-refractivity contribution in [1.29, 1.82) is 0 Å². The van der Waals surface area contributed by atoms with Crippen molar-refractivity contribution >= 4 is 26.5 Å². The van der Waals surface area contributed by atoms with Gasteiger partial charge in [-0.05, 0) is 44.2 Å². The first-order chi connectivity index (χ1) is 14.1. The smallest absolute Gasteiger partial charge is 0.302 e. The molecular formula is C22H21F3N2O2S. The molecule has 0 N–H and O–H groups in total. The number of likely N-dealkylation sites (N-methyl/N-ethyl adjacent to an activating group) is 1. The average Bonchev–Trinajstić information content (AvgIpc) is 3.05. The van der Waals surface area contributed by atoms with Gasteiger partial charge in [-0.2, -0.15) is 13.2 Å². The Bertz CT molecular complexity index is 1240. The Kier molecular flexibility index (Phi) is 5.02. The molecule has 0 aliphatic carbocycles. The third-order valence-electron chi connectivity index (χ3n) is 5.39. The summed E-state index contributed by atoms with van der Waals surface area (Å²) in [5.41, 5.74) is 0.191. The molecule has 1 aromatic heterocycles. The van der Waals surface area contributed by atoms with Gasteiger partial charge in [0.1, 0.15) is 5.69 Å². The van der Waals surface area contributed by atoms with E-state index in [-0.39, 0.29) is 21.4 Å². The van der Waals surface area contributed by atoms with E-state index < -0.39 is 21.9 Å². The number of nitrogens with zero attached hydrogens (tertiary/aromatic N) is 2. The highest BCUT2D eigenvalue weighted by Crippen LogP contribution is 2.44. The van der Waals surface area contributed by atoms with Crippen molar-refractivity contribution < 1.29 is 21.6 Å². The highest BCUT2D eigenvalue weighted by molar-refractivity contribution is 7.90. The molecule has 0 amide bonds. The second-order valence-corrected chi connectivity index (χ2v) is 9.35. The summed E-state index contributed by atoms with van der Waals surface area (Å²) < 4.78 is 70.4. The van der Waals surface area contributed by atoms with E-state index >= 15 is 0 Å². The Morgan fingerprint density at radius 3 is 2.27 bits per heavy atom. The summed E-state index contributed by atoms with van der Waals surface area (Å²) in [6.45, 7) is 2.90. The molecule has 158 valence electrons. The topological polar surface area (TPSA) is 42.3 Å². The molecular weight excluding hydrogens is 413 g/mol. The van der Waals surface area contributed by atoms with Crippen LogP contribution in [0.5, 0.6) is 0 Å². The minimum atomic E-state index is -4.85. The van der Waals surface area contributed by atoms with E-state index in [0.29, 0.717) is 29.1 Å². The number of para-hydroxylation sites is 1. The van der Waals surface area contributed by atoms with Crippen LogP contribution >= 0.6 is 0 Å². The van der Waals surface area contributed by atoms with Gasteiger partial charge in [-0.25, -0.2) is 12.4 Å². The molecule has 2 aromatic carbocycles. The van der Waals surface area contributed by atoms with Gasteiger partial charge < -0.3 is 4.90 Å². The maximum atomic E-state index is 14.4. The zero-order valence-electron chi connectivity index (χ0n) is 16.6. The van der Waals surface area contributed by atoms with Crippen LogP contribution < -0.4 is 0 Å². The predicted octanol–water partition coefficient (Wildman–Crippen LogP) is 4.92. The number of benzene rings is 2. The van der Waals surface area contributed by atoms with Crippen LogP contribution in [0.1, 0.15) is 23.2 Å². The van der Waals surface area contributed by atoms with Gasteiger partial charge in [0.25, 0.3) is 10.0 Å². The summed E-state index contributed by atoms with van der Waals surface area (Å²) in [5.74, 6) is 0. The van der Waals surface area contributed by atoms with Crippen LogP contribution in [0.2, 0.25) is 0 Å². The van der Waals surface area contributed by atoms with Gasteiger partial charge in [0.05, 0.1) is 10.4 Å². The highest BCUT2D eigenvalue weighted by Gasteiger charge is 2.43. The molecule has 0 spiro atoms. The minimum absolute atomic E-state index is 0.0280. The minimum Gasteiger partial charge on any atom is -0.302 e. The van der Waals surface area contributed by atoms with Crippen molar-refractivity contribution in [2.24, 2.45) is 0 Å². The van der Waals surface area contributed by atoms with E-state index in [1.165, 1.54) is 18.2 Å². The summed E-state index contributed by atoms with van der Waals surface area (Å²) in [4.78, 5) is 1.82. The maximum Gasteiger partial charge on any atom is 0.433 e. The molecule has 4 nitrogen and oxygen atoms in total. The van der Waals surface area contributed by atoms with E-state index in [1.807, 2.05) is 11.9 Å². The number of aryl methyl sites for hydroxylation is 1. The predicted molar refractivity (Wildman–Crippen MR) is 111 cm³/mol. The molecule has 0 saturated carbocycles. The van der Waals surface area contributed by atoms with Crippen molar-refractivity contribution in [3.63, 3.8) is 0 Å². The van der Waals surface area contributed by atoms with Crippen molar-refractivity contribution in [2.75, 3.05) is 20.1 Å². The molecule has 30 heavy (non-hydrogen) atoms. The second kappa shape index (κ2) is 7.28. The first kappa shape index (κ1) is 20.7. The van der Waals surface area contributed by atoms with Crippen molar-refractivity contribution in [2.45, 2.75) is 24.4 Å². The summed E-state index contributed by atoms with van der Waals surface area (Å²) in [7, 11) is -2.57. The summed E-state index contributed by atoms with van der Waals surface area (Å²) in [5, 5.41) is 0.288. The van der Waals surface area contributed by atoms with Crippen LogP contribution in [0, 0.1) is 6.92 Å². The molecule has 0 radical (unpaired) electrons. The molecule has 3 aromatic rings. The lowest BCUT2D eigenvalue weighted by atomic mass is 9.96. The Hall–Kier alpha value is -2.58. The van der Waals surface area contributed by atoms with Gasteiger partial charge in [-0.1, -0.05) is 42.0 Å². The number of rotatable bonds is 3. The molecule has 0 atom stereocenters. The standard InChI is InChI=1S/C22H21F3N2O2S/c1-15-7-9-17(10-8-15)30(28,29)27-19-6-4-3-5-18(19)20(21(27)22(23,24)25)16-11-13-26(2)14-12-16/h3-11H,12-14H2,1-2H3. The fourth-order valence-corrected chi connectivity index (χ4v) is 5.40. The molecule has 4 rings (SSSR count). The van der Waals surface area contributed by atoms with Gasteiger partial charge in [-0.15, -0.1) is 0 Å². The third kappa shape index (κ3) is 3.44. The zero-order valence-corrected chi connectivity index (χ0v) is 17.4. The Labute approximate surface area is 173 Å². The molecule has 1 aliphatic rings. The number of hydrogen-bond acceptors (Lipinski definition) is 3. The van der Waals surface area contributed by atoms with Gasteiger partial charge in [-0.3, -0.25) is 0 Å². The number of fused-ring (bicyclic) bond motifs is 1. The fraction of sp³-hybridized carbons (Fsp3) is 0.273. The van der Waals surface area contributed by atoms with E-state index in [0.717, 1.165) is 5.56 Å². The van der Waals surface area contributed by atoms with Crippen LogP contribution in [0.3, 0.4) is 0 Å². The zero-order chi connectivity index (χ0) is 21.7. The Morgan fingerprint density at radius 1 is 1.00 bits per heavy atom. The molecule has 0 bridgehead atoms. The normalized spacial score (nSPS) is 16.1. The molecule has 2 heterocycles. The lowest BCUT2D eigenvalue weighted by Crippen LogP contribution is -2.25. The average molecular weight is 434 g/mol. The largest absolute Gasteiger partial charge is 0.433 e. The number of alkyl halides is 3. The van der Waals surface area contributed by atoms with Crippen molar-refractivity contribution in [3.05, 3.63) is 71.4 Å². The summed E-state index contributed by atoms with van der Waals surface area (Å²) in [6, 6.07) is 12.0. The summed E-state index contributed by atoms with van der Waals surface area (Å²) >= 11 is 0. The monoisotopic (exact) mass is 434 g/mol. The molecule has 1 aliphatic heterocycles. The van der Waals surface area contributed by atoms with E-state index in [1.54, 1.807) is 43.3 Å². The first-order valence-electron chi connectivity index (χ1n) is 9.51. The number of aromatic nitrogens is 1. The molecule has 0 saturated heterocycles. The Morgan fingerprint density at radius 2 is 1.67 bits per heavy atom. The Balaban J connectivity index is 2.09. The van der Waals surface area contributed by atoms with Crippen LogP contribution in [0.4, 0.5) is 13.2 Å². The highest BCUT2D eigenvalue weighted by atomic mass is 32.2. The second-order valence-electron chi connectivity index (χ2n) is 7.56. The van der Waals surface area contributed by atoms with Gasteiger partial charge in [0.2, 0.25) is 0 Å². The maximum absolute atomic E-state index is 14.4. The molecule has 8 heteroatoms. The van der Waals surface area contributed by atoms with Crippen LogP contribution in [-0.2, 0) is 16.2 Å².